The molecule has 3 saturated carbocycles. The van der Waals surface area contributed by atoms with Crippen LogP contribution >= 0.6 is 0 Å². The Morgan fingerprint density at radius 3 is 2.55 bits per heavy atom. The molecule has 3 fully saturated rings. The molecular formula is C25H34O6. The third-order valence-electron chi connectivity index (χ3n) is 9.19. The highest BCUT2D eigenvalue weighted by atomic mass is 16.5. The second kappa shape index (κ2) is 7.86. The molecule has 6 heteroatoms. The van der Waals surface area contributed by atoms with Crippen molar-refractivity contribution in [3.8, 4) is 0 Å². The number of Topliss-reactive ketones (excluding diaryl/α,β-unsaturated/α-hetero) is 1. The van der Waals surface area contributed by atoms with Crippen molar-refractivity contribution < 1.29 is 29.0 Å². The van der Waals surface area contributed by atoms with E-state index in [4.69, 9.17) is 9.84 Å². The van der Waals surface area contributed by atoms with E-state index in [1.807, 2.05) is 6.08 Å². The highest BCUT2D eigenvalue weighted by Crippen LogP contribution is 2.67. The smallest absolute Gasteiger partial charge is 0.306 e. The zero-order valence-corrected chi connectivity index (χ0v) is 18.8. The number of hydrogen-bond donors (Lipinski definition) is 1. The average Bonchev–Trinajstić information content (AvgIpc) is 3.03. The first-order valence-corrected chi connectivity index (χ1v) is 11.7. The van der Waals surface area contributed by atoms with Crippen LogP contribution in [0.2, 0.25) is 0 Å². The Hall–Kier alpha value is -1.98. The van der Waals surface area contributed by atoms with Crippen molar-refractivity contribution in [3.63, 3.8) is 0 Å². The summed E-state index contributed by atoms with van der Waals surface area (Å²) in [5, 5.41) is 8.95. The number of rotatable bonds is 5. The number of aliphatic carboxylic acids is 1. The van der Waals surface area contributed by atoms with Crippen LogP contribution in [0.3, 0.4) is 0 Å². The minimum absolute atomic E-state index is 0.0173. The molecule has 1 N–H and O–H groups in total. The van der Waals surface area contributed by atoms with Gasteiger partial charge in [-0.15, -0.1) is 0 Å². The van der Waals surface area contributed by atoms with E-state index in [0.29, 0.717) is 24.7 Å². The van der Waals surface area contributed by atoms with Crippen LogP contribution in [0.4, 0.5) is 0 Å². The number of carbonyl (C=O) groups is 4. The van der Waals surface area contributed by atoms with Gasteiger partial charge in [-0.2, -0.15) is 0 Å². The normalized spacial score (nSPS) is 41.5. The van der Waals surface area contributed by atoms with Crippen LogP contribution < -0.4 is 0 Å². The fraction of sp³-hybridized carbons (Fsp3) is 0.760. The third-order valence-corrected chi connectivity index (χ3v) is 9.19. The molecule has 0 saturated heterocycles. The van der Waals surface area contributed by atoms with Crippen molar-refractivity contribution >= 4 is 23.5 Å². The summed E-state index contributed by atoms with van der Waals surface area (Å²) in [6, 6.07) is 0. The van der Waals surface area contributed by atoms with E-state index in [1.165, 1.54) is 5.57 Å². The van der Waals surface area contributed by atoms with Gasteiger partial charge in [-0.1, -0.05) is 19.4 Å². The molecule has 0 aliphatic heterocycles. The highest BCUT2D eigenvalue weighted by molar-refractivity contribution is 5.91. The van der Waals surface area contributed by atoms with E-state index >= 15 is 0 Å². The monoisotopic (exact) mass is 430 g/mol. The Balaban J connectivity index is 1.70. The van der Waals surface area contributed by atoms with Gasteiger partial charge in [0.25, 0.3) is 0 Å². The Labute approximate surface area is 183 Å². The van der Waals surface area contributed by atoms with Gasteiger partial charge in [0.1, 0.15) is 11.9 Å². The molecule has 0 spiro atoms. The molecule has 0 amide bonds. The van der Waals surface area contributed by atoms with Crippen LogP contribution in [-0.2, 0) is 23.9 Å². The van der Waals surface area contributed by atoms with Crippen LogP contribution in [0.5, 0.6) is 0 Å². The Morgan fingerprint density at radius 1 is 1.13 bits per heavy atom. The van der Waals surface area contributed by atoms with Crippen molar-refractivity contribution in [2.45, 2.75) is 84.7 Å². The summed E-state index contributed by atoms with van der Waals surface area (Å²) < 4.78 is 6.03. The third kappa shape index (κ3) is 3.66. The molecule has 4 aliphatic rings. The summed E-state index contributed by atoms with van der Waals surface area (Å²) in [5.74, 6) is -0.248. The van der Waals surface area contributed by atoms with E-state index in [9.17, 15) is 19.2 Å². The van der Waals surface area contributed by atoms with Gasteiger partial charge in [0, 0.05) is 18.3 Å². The molecular weight excluding hydrogens is 396 g/mol. The molecule has 31 heavy (non-hydrogen) atoms. The molecule has 0 heterocycles. The number of esters is 1. The number of hydrogen-bond acceptors (Lipinski definition) is 5. The Kier molecular flexibility index (Phi) is 5.63. The quantitative estimate of drug-likeness (QED) is 0.659. The van der Waals surface area contributed by atoms with Crippen molar-refractivity contribution in [3.05, 3.63) is 11.6 Å². The Morgan fingerprint density at radius 2 is 1.87 bits per heavy atom. The van der Waals surface area contributed by atoms with Crippen LogP contribution in [0.1, 0.15) is 78.6 Å². The van der Waals surface area contributed by atoms with E-state index in [-0.39, 0.29) is 53.2 Å². The summed E-state index contributed by atoms with van der Waals surface area (Å²) in [6.07, 6.45) is 6.75. The van der Waals surface area contributed by atoms with E-state index in [1.54, 1.807) is 6.92 Å². The van der Waals surface area contributed by atoms with Crippen LogP contribution in [0.15, 0.2) is 11.6 Å². The number of carbonyl (C=O) groups excluding carboxylic acids is 3. The van der Waals surface area contributed by atoms with E-state index < -0.39 is 11.9 Å². The number of ketones is 2. The number of allylic oxidation sites excluding steroid dienone is 1. The summed E-state index contributed by atoms with van der Waals surface area (Å²) in [4.78, 5) is 48.1. The maximum absolute atomic E-state index is 12.6. The predicted molar refractivity (Wildman–Crippen MR) is 113 cm³/mol. The number of carboxylic acids is 1. The minimum Gasteiger partial charge on any atom is -0.481 e. The second-order valence-electron chi connectivity index (χ2n) is 10.8. The van der Waals surface area contributed by atoms with Crippen molar-refractivity contribution in [2.75, 3.05) is 0 Å². The van der Waals surface area contributed by atoms with Crippen molar-refractivity contribution in [1.29, 1.82) is 0 Å². The topological polar surface area (TPSA) is 97.7 Å². The maximum Gasteiger partial charge on any atom is 0.306 e. The van der Waals surface area contributed by atoms with Gasteiger partial charge < -0.3 is 9.84 Å². The molecule has 0 bridgehead atoms. The SMILES string of the molecule is CC(=O)C1CCC2C3CCC4=CC(=O)CCC4(C)C3C(OC(=O)CCC(=O)O)CC12C. The second-order valence-corrected chi connectivity index (χ2v) is 10.8. The summed E-state index contributed by atoms with van der Waals surface area (Å²) in [5.41, 5.74) is 0.790. The molecule has 170 valence electrons. The van der Waals surface area contributed by atoms with Gasteiger partial charge in [0.15, 0.2) is 5.78 Å². The number of carboxylic acid groups (broad SMARTS) is 1. The largest absolute Gasteiger partial charge is 0.481 e. The van der Waals surface area contributed by atoms with Gasteiger partial charge in [0.05, 0.1) is 12.8 Å². The van der Waals surface area contributed by atoms with Crippen molar-refractivity contribution in [1.82, 2.24) is 0 Å². The van der Waals surface area contributed by atoms with Crippen molar-refractivity contribution in [2.24, 2.45) is 34.5 Å². The maximum atomic E-state index is 12.6. The highest BCUT2D eigenvalue weighted by Gasteiger charge is 2.63. The molecule has 0 aromatic rings. The molecule has 0 aromatic heterocycles. The lowest BCUT2D eigenvalue weighted by atomic mass is 9.46. The summed E-state index contributed by atoms with van der Waals surface area (Å²) >= 11 is 0. The van der Waals surface area contributed by atoms with E-state index in [2.05, 4.69) is 13.8 Å². The zero-order valence-electron chi connectivity index (χ0n) is 18.8. The Bertz CT molecular complexity index is 843. The molecule has 4 rings (SSSR count). The lowest BCUT2D eigenvalue weighted by Crippen LogP contribution is -2.58. The number of fused-ring (bicyclic) bond motifs is 5. The molecule has 0 aromatic carbocycles. The van der Waals surface area contributed by atoms with Crippen LogP contribution in [0.25, 0.3) is 0 Å². The van der Waals surface area contributed by atoms with Gasteiger partial charge in [-0.25, -0.2) is 0 Å². The summed E-state index contributed by atoms with van der Waals surface area (Å²) in [6.45, 7) is 6.09. The summed E-state index contributed by atoms with van der Waals surface area (Å²) in [7, 11) is 0. The first-order valence-electron chi connectivity index (χ1n) is 11.7. The van der Waals surface area contributed by atoms with Gasteiger partial charge in [-0.3, -0.25) is 19.2 Å². The van der Waals surface area contributed by atoms with Crippen LogP contribution in [-0.4, -0.2) is 34.7 Å². The molecule has 6 nitrogen and oxygen atoms in total. The predicted octanol–water partition coefficient (Wildman–Crippen LogP) is 4.11. The molecule has 7 unspecified atom stereocenters. The average molecular weight is 431 g/mol. The van der Waals surface area contributed by atoms with Crippen LogP contribution in [0, 0.1) is 34.5 Å². The fourth-order valence-corrected chi connectivity index (χ4v) is 7.87. The first-order chi connectivity index (χ1) is 14.6. The van der Waals surface area contributed by atoms with E-state index in [0.717, 1.165) is 32.1 Å². The lowest BCUT2D eigenvalue weighted by molar-refractivity contribution is -0.178. The zero-order chi connectivity index (χ0) is 22.6. The van der Waals surface area contributed by atoms with Gasteiger partial charge >= 0.3 is 11.9 Å². The minimum atomic E-state index is -1.02. The standard InChI is InChI=1S/C25H34O6/c1-14(26)18-6-7-19-17-5-4-15-12-16(27)10-11-24(15,2)23(17)20(13-25(18,19)3)31-22(30)9-8-21(28)29/h12,17-20,23H,4-11,13H2,1-3H3,(H,28,29). The fourth-order valence-electron chi connectivity index (χ4n) is 7.87. The molecule has 0 radical (unpaired) electrons. The lowest BCUT2D eigenvalue weighted by Gasteiger charge is -2.60. The van der Waals surface area contributed by atoms with Gasteiger partial charge in [0.2, 0.25) is 0 Å². The first kappa shape index (κ1) is 22.2. The number of ether oxygens (including phenoxy) is 1. The van der Waals surface area contributed by atoms with Gasteiger partial charge in [-0.05, 0) is 74.2 Å². The molecule has 4 aliphatic carbocycles. The molecule has 7 atom stereocenters.